The van der Waals surface area contributed by atoms with Crippen LogP contribution in [0.15, 0.2) is 24.4 Å². The van der Waals surface area contributed by atoms with Gasteiger partial charge in [-0.3, -0.25) is 0 Å². The van der Waals surface area contributed by atoms with E-state index in [1.807, 2.05) is 50.3 Å². The van der Waals surface area contributed by atoms with Gasteiger partial charge in [0.25, 0.3) is 9.04 Å². The second-order valence-electron chi connectivity index (χ2n) is 3.99. The molecule has 0 saturated heterocycles. The molecule has 6 heteroatoms. The van der Waals surface area contributed by atoms with Crippen molar-refractivity contribution in [1.29, 1.82) is 0 Å². The summed E-state index contributed by atoms with van der Waals surface area (Å²) >= 11 is 3.74. The SMILES string of the molecule is C[Si](C)=[Fe+].C[Si](C)Oc1ccccn1.[C-]#[O+].[CH]1[CH][CH][CH][CH]1. The van der Waals surface area contributed by atoms with Crippen LogP contribution in [0.2, 0.25) is 26.2 Å². The number of pyridine rings is 1. The molecular weight excluding hydrogens is 338 g/mol. The van der Waals surface area contributed by atoms with Gasteiger partial charge in [0, 0.05) is 6.20 Å². The second-order valence-corrected chi connectivity index (χ2v) is 11.0. The fourth-order valence-corrected chi connectivity index (χ4v) is 1.48. The van der Waals surface area contributed by atoms with Crippen molar-refractivity contribution in [2.45, 2.75) is 26.2 Å². The number of hydrogen-bond acceptors (Lipinski definition) is 2. The Hall–Kier alpha value is -0.357. The summed E-state index contributed by atoms with van der Waals surface area (Å²) in [6, 6.07) is 5.68. The van der Waals surface area contributed by atoms with E-state index in [0.29, 0.717) is 0 Å². The van der Waals surface area contributed by atoms with Gasteiger partial charge in [0.2, 0.25) is 0 Å². The number of nitrogens with zero attached hydrogens (tertiary/aromatic N) is 1. The average Bonchev–Trinajstić information content (AvgIpc) is 3.00. The van der Waals surface area contributed by atoms with Crippen LogP contribution < -0.4 is 4.43 Å². The Morgan fingerprint density at radius 2 is 1.43 bits per heavy atom. The van der Waals surface area contributed by atoms with Gasteiger partial charge in [-0.05, 0) is 57.3 Å². The Kier molecular flexibility index (Phi) is 19.3. The summed E-state index contributed by atoms with van der Waals surface area (Å²) < 4.78 is 12.9. The van der Waals surface area contributed by atoms with Gasteiger partial charge in [-0.1, -0.05) is 6.07 Å². The first kappa shape index (κ1) is 22.9. The van der Waals surface area contributed by atoms with Gasteiger partial charge >= 0.3 is 46.2 Å². The Morgan fingerprint density at radius 1 is 1.00 bits per heavy atom. The molecule has 0 spiro atoms. The third-order valence-corrected chi connectivity index (χ3v) is 2.12. The summed E-state index contributed by atoms with van der Waals surface area (Å²) in [5, 5.41) is 0. The Morgan fingerprint density at radius 3 is 1.71 bits per heavy atom. The van der Waals surface area contributed by atoms with Gasteiger partial charge in [0.1, 0.15) is 0 Å². The van der Waals surface area contributed by atoms with Crippen molar-refractivity contribution in [3.63, 3.8) is 0 Å². The first-order valence-corrected chi connectivity index (χ1v) is 12.6. The first-order chi connectivity index (χ1) is 10.0. The molecule has 3 nitrogen and oxygen atoms in total. The summed E-state index contributed by atoms with van der Waals surface area (Å²) in [5.74, 6) is 0.737. The molecule has 1 fully saturated rings. The Balaban J connectivity index is 0. The maximum atomic E-state index is 7.50. The van der Waals surface area contributed by atoms with E-state index in [1.54, 1.807) is 6.20 Å². The van der Waals surface area contributed by atoms with Crippen LogP contribution >= 0.6 is 0 Å². The molecule has 0 unspecified atom stereocenters. The van der Waals surface area contributed by atoms with Gasteiger partial charge in [0.05, 0.1) is 0 Å². The van der Waals surface area contributed by atoms with Gasteiger partial charge in [-0.15, -0.1) is 0 Å². The van der Waals surface area contributed by atoms with E-state index in [2.05, 4.69) is 52.7 Å². The zero-order valence-electron chi connectivity index (χ0n) is 12.8. The molecule has 1 aliphatic carbocycles. The van der Waals surface area contributed by atoms with Gasteiger partial charge in [-0.25, -0.2) is 4.98 Å². The predicted octanol–water partition coefficient (Wildman–Crippen LogP) is 3.48. The third-order valence-electron chi connectivity index (χ3n) is 1.50. The maximum Gasteiger partial charge on any atom is -0.0312 e. The number of hydrogen-bond donors (Lipinski definition) is 0. The van der Waals surface area contributed by atoms with Crippen LogP contribution in [-0.2, 0) is 19.5 Å². The predicted molar refractivity (Wildman–Crippen MR) is 85.3 cm³/mol. The van der Waals surface area contributed by atoms with E-state index in [-0.39, 0.29) is 6.94 Å². The molecular formula is C15H21FeNO2Si2+. The molecule has 21 heavy (non-hydrogen) atoms. The van der Waals surface area contributed by atoms with Crippen LogP contribution in [0.1, 0.15) is 0 Å². The molecule has 0 atom stereocenters. The van der Waals surface area contributed by atoms with Crippen molar-refractivity contribution < 1.29 is 24.0 Å². The van der Waals surface area contributed by atoms with Crippen LogP contribution in [0.5, 0.6) is 5.88 Å². The van der Waals surface area contributed by atoms with Crippen molar-refractivity contribution in [2.75, 3.05) is 0 Å². The minimum Gasteiger partial charge on any atom is -0.0312 e. The number of rotatable bonds is 2. The van der Waals surface area contributed by atoms with E-state index >= 15 is 0 Å². The van der Waals surface area contributed by atoms with Crippen LogP contribution in [-0.4, -0.2) is 21.0 Å². The summed E-state index contributed by atoms with van der Waals surface area (Å²) in [6.45, 7) is 12.9. The van der Waals surface area contributed by atoms with E-state index in [0.717, 1.165) is 5.88 Å². The van der Waals surface area contributed by atoms with Crippen molar-refractivity contribution >= 4 is 16.0 Å². The zero-order valence-corrected chi connectivity index (χ0v) is 15.9. The molecule has 1 saturated carbocycles. The standard InChI is InChI=1S/C7H10NOSi.C5H5.C2H6Si.CO.Fe/c1-10(2)9-7-5-3-4-6-8-7;1-2-4-5-3-1;1-3-2;1-2;/h3-6H,1-2H3;1-5H;1-2H3;;/q;;;;+1. The summed E-state index contributed by atoms with van der Waals surface area (Å²) in [7, 11) is -0.649. The molecule has 113 valence electrons. The topological polar surface area (TPSA) is 42.0 Å². The molecule has 0 N–H and O–H groups in total. The van der Waals surface area contributed by atoms with Gasteiger partial charge in [-0.2, -0.15) is 0 Å². The molecule has 0 aromatic carbocycles. The van der Waals surface area contributed by atoms with Crippen molar-refractivity contribution in [3.05, 3.63) is 63.2 Å². The number of aromatic nitrogens is 1. The van der Waals surface area contributed by atoms with E-state index in [9.17, 15) is 0 Å². The largest absolute Gasteiger partial charge is 0.0312 e. The Bertz CT molecular complexity index is 357. The van der Waals surface area contributed by atoms with Crippen LogP contribution in [0.4, 0.5) is 0 Å². The molecule has 0 aliphatic heterocycles. The normalized spacial score (nSPS) is 11.8. The summed E-state index contributed by atoms with van der Waals surface area (Å²) in [4.78, 5) is 4.02. The van der Waals surface area contributed by atoms with Crippen LogP contribution in [0.3, 0.4) is 0 Å². The molecule has 1 aliphatic rings. The van der Waals surface area contributed by atoms with E-state index in [1.165, 1.54) is 0 Å². The monoisotopic (exact) mass is 359 g/mol. The van der Waals surface area contributed by atoms with Crippen molar-refractivity contribution in [2.24, 2.45) is 0 Å². The van der Waals surface area contributed by atoms with Crippen LogP contribution in [0, 0.1) is 38.8 Å². The van der Waals surface area contributed by atoms with Gasteiger partial charge < -0.3 is 4.43 Å². The molecule has 2 rings (SSSR count). The first-order valence-electron chi connectivity index (χ1n) is 6.23. The minimum absolute atomic E-state index is 0.130. The molecule has 1 heterocycles. The second kappa shape index (κ2) is 17.7. The fourth-order valence-electron chi connectivity index (χ4n) is 0.937. The Labute approximate surface area is 140 Å². The molecule has 1 aromatic rings. The molecule has 0 bridgehead atoms. The smallest absolute Gasteiger partial charge is 0.0312 e. The van der Waals surface area contributed by atoms with E-state index in [4.69, 9.17) is 9.08 Å². The average molecular weight is 359 g/mol. The summed E-state index contributed by atoms with van der Waals surface area (Å²) in [5.41, 5.74) is 0. The van der Waals surface area contributed by atoms with Gasteiger partial charge in [0.15, 0.2) is 5.88 Å². The minimum atomic E-state index is -0.649. The molecule has 6 radical (unpaired) electrons. The summed E-state index contributed by atoms with van der Waals surface area (Å²) in [6.07, 6.45) is 11.7. The van der Waals surface area contributed by atoms with Crippen LogP contribution in [0.25, 0.3) is 0 Å². The third kappa shape index (κ3) is 22.1. The van der Waals surface area contributed by atoms with Crippen molar-refractivity contribution in [1.82, 2.24) is 4.98 Å². The molecule has 0 amide bonds. The zero-order chi connectivity index (χ0) is 16.5. The van der Waals surface area contributed by atoms with E-state index < -0.39 is 9.04 Å². The maximum absolute atomic E-state index is 7.50. The molecule has 1 aromatic heterocycles. The quantitative estimate of drug-likeness (QED) is 0.461. The fraction of sp³-hybridized carbons (Fsp3) is 0.267. The van der Waals surface area contributed by atoms with Crippen molar-refractivity contribution in [3.8, 4) is 5.88 Å².